The van der Waals surface area contributed by atoms with Crippen LogP contribution in [0, 0.1) is 5.82 Å². The molecular formula is C14H14ClFN2O4S2. The number of anilines is 1. The van der Waals surface area contributed by atoms with Crippen molar-refractivity contribution in [1.82, 2.24) is 0 Å². The van der Waals surface area contributed by atoms with E-state index < -0.39 is 21.6 Å². The van der Waals surface area contributed by atoms with Gasteiger partial charge in [-0.3, -0.25) is 4.79 Å². The minimum Gasteiger partial charge on any atom is -0.375 e. The van der Waals surface area contributed by atoms with E-state index in [1.54, 1.807) is 4.90 Å². The fourth-order valence-electron chi connectivity index (χ4n) is 2.76. The summed E-state index contributed by atoms with van der Waals surface area (Å²) < 4.78 is 42.0. The Morgan fingerprint density at radius 1 is 1.50 bits per heavy atom. The average Bonchev–Trinajstić information content (AvgIpc) is 2.93. The highest BCUT2D eigenvalue weighted by atomic mass is 35.5. The minimum absolute atomic E-state index is 0.0191. The van der Waals surface area contributed by atoms with Crippen LogP contribution in [0.1, 0.15) is 0 Å². The summed E-state index contributed by atoms with van der Waals surface area (Å²) in [5.74, 6) is -1.07. The minimum atomic E-state index is -3.16. The van der Waals surface area contributed by atoms with Crippen LogP contribution in [0.25, 0.3) is 0 Å². The molecule has 1 amide bonds. The normalized spacial score (nSPS) is 26.8. The lowest BCUT2D eigenvalue weighted by molar-refractivity contribution is -0.121. The summed E-state index contributed by atoms with van der Waals surface area (Å²) in [4.78, 5) is 17.5. The van der Waals surface area contributed by atoms with Crippen molar-refractivity contribution >= 4 is 50.0 Å². The van der Waals surface area contributed by atoms with E-state index in [4.69, 9.17) is 16.3 Å². The van der Waals surface area contributed by atoms with Crippen molar-refractivity contribution in [3.63, 3.8) is 0 Å². The summed E-state index contributed by atoms with van der Waals surface area (Å²) in [6.07, 6.45) is 0. The Hall–Kier alpha value is -1.16. The van der Waals surface area contributed by atoms with Crippen LogP contribution in [0.4, 0.5) is 10.1 Å². The third-order valence-corrected chi connectivity index (χ3v) is 7.24. The number of methoxy groups -OCH3 is 1. The van der Waals surface area contributed by atoms with E-state index in [1.165, 1.54) is 37.1 Å². The standard InChI is InChI=1S/C14H14ClFN2O4S2/c1-22-5-13(19)17-14-18(8-2-3-10(16)9(15)4-8)11-6-24(20,21)7-12(11)23-14/h2-4,11-12H,5-7H2,1H3/t11-,12-/m0/s1. The molecule has 2 saturated heterocycles. The molecule has 2 aliphatic rings. The summed E-state index contributed by atoms with van der Waals surface area (Å²) in [6.45, 7) is -0.171. The summed E-state index contributed by atoms with van der Waals surface area (Å²) in [5, 5.41) is 0.0712. The lowest BCUT2D eigenvalue weighted by Crippen LogP contribution is -2.37. The SMILES string of the molecule is COCC(=O)N=C1S[C@H]2CS(=O)(=O)C[C@@H]2N1c1ccc(F)c(Cl)c1. The molecule has 6 nitrogen and oxygen atoms in total. The number of sulfone groups is 1. The van der Waals surface area contributed by atoms with E-state index in [9.17, 15) is 17.6 Å². The molecule has 0 aliphatic carbocycles. The molecule has 0 unspecified atom stereocenters. The van der Waals surface area contributed by atoms with E-state index in [2.05, 4.69) is 4.99 Å². The predicted molar refractivity (Wildman–Crippen MR) is 92.0 cm³/mol. The molecule has 2 fully saturated rings. The Morgan fingerprint density at radius 3 is 2.92 bits per heavy atom. The average molecular weight is 393 g/mol. The van der Waals surface area contributed by atoms with Crippen molar-refractivity contribution in [3.05, 3.63) is 29.0 Å². The second-order valence-corrected chi connectivity index (χ2v) is 9.26. The molecule has 2 aliphatic heterocycles. The van der Waals surface area contributed by atoms with Crippen LogP contribution in [-0.2, 0) is 19.4 Å². The Labute approximate surface area is 147 Å². The maximum Gasteiger partial charge on any atom is 0.274 e. The third kappa shape index (κ3) is 3.44. The molecule has 2 heterocycles. The molecule has 130 valence electrons. The molecule has 24 heavy (non-hydrogen) atoms. The number of amides is 1. The van der Waals surface area contributed by atoms with E-state index in [0.29, 0.717) is 10.9 Å². The number of aliphatic imine (C=N–C) groups is 1. The number of halogens is 2. The lowest BCUT2D eigenvalue weighted by Gasteiger charge is -2.24. The number of hydrogen-bond donors (Lipinski definition) is 0. The van der Waals surface area contributed by atoms with E-state index in [-0.39, 0.29) is 34.4 Å². The van der Waals surface area contributed by atoms with Gasteiger partial charge in [-0.1, -0.05) is 23.4 Å². The molecule has 0 bridgehead atoms. The van der Waals surface area contributed by atoms with Crippen LogP contribution in [0.2, 0.25) is 5.02 Å². The van der Waals surface area contributed by atoms with Crippen LogP contribution in [0.15, 0.2) is 23.2 Å². The van der Waals surface area contributed by atoms with Gasteiger partial charge >= 0.3 is 0 Å². The maximum absolute atomic E-state index is 13.4. The molecule has 1 aromatic rings. The van der Waals surface area contributed by atoms with Crippen molar-refractivity contribution in [2.75, 3.05) is 30.1 Å². The fourth-order valence-corrected chi connectivity index (χ4v) is 6.87. The largest absolute Gasteiger partial charge is 0.375 e. The zero-order chi connectivity index (χ0) is 17.5. The van der Waals surface area contributed by atoms with Crippen LogP contribution in [-0.4, -0.2) is 56.0 Å². The summed E-state index contributed by atoms with van der Waals surface area (Å²) in [5.41, 5.74) is 0.502. The molecule has 0 radical (unpaired) electrons. The topological polar surface area (TPSA) is 76.0 Å². The molecule has 1 aromatic carbocycles. The number of rotatable bonds is 3. The number of fused-ring (bicyclic) bond motifs is 1. The Kier molecular flexibility index (Phi) is 4.87. The predicted octanol–water partition coefficient (Wildman–Crippen LogP) is 1.73. The number of carbonyl (C=O) groups excluding carboxylic acids is 1. The van der Waals surface area contributed by atoms with Gasteiger partial charge in [0, 0.05) is 18.0 Å². The molecule has 0 spiro atoms. The van der Waals surface area contributed by atoms with Crippen molar-refractivity contribution < 1.29 is 22.3 Å². The molecule has 10 heteroatoms. The molecular weight excluding hydrogens is 379 g/mol. The van der Waals surface area contributed by atoms with Gasteiger partial charge in [0.1, 0.15) is 12.4 Å². The fraction of sp³-hybridized carbons (Fsp3) is 0.429. The van der Waals surface area contributed by atoms with Gasteiger partial charge in [-0.15, -0.1) is 0 Å². The number of amidine groups is 1. The first-order valence-corrected chi connectivity index (χ1v) is 10.1. The first kappa shape index (κ1) is 17.7. The van der Waals surface area contributed by atoms with Crippen LogP contribution < -0.4 is 4.90 Å². The Morgan fingerprint density at radius 2 is 2.25 bits per heavy atom. The maximum atomic E-state index is 13.4. The third-order valence-electron chi connectivity index (χ3n) is 3.74. The molecule has 2 atom stereocenters. The highest BCUT2D eigenvalue weighted by Gasteiger charge is 2.49. The van der Waals surface area contributed by atoms with Gasteiger partial charge in [0.25, 0.3) is 5.91 Å². The molecule has 0 aromatic heterocycles. The second-order valence-electron chi connectivity index (χ2n) is 5.49. The quantitative estimate of drug-likeness (QED) is 0.779. The zero-order valence-electron chi connectivity index (χ0n) is 12.6. The van der Waals surface area contributed by atoms with E-state index in [0.717, 1.165) is 0 Å². The van der Waals surface area contributed by atoms with Gasteiger partial charge < -0.3 is 9.64 Å². The first-order valence-electron chi connectivity index (χ1n) is 7.02. The van der Waals surface area contributed by atoms with E-state index >= 15 is 0 Å². The number of nitrogens with zero attached hydrogens (tertiary/aromatic N) is 2. The second kappa shape index (κ2) is 6.62. The van der Waals surface area contributed by atoms with Crippen LogP contribution >= 0.6 is 23.4 Å². The summed E-state index contributed by atoms with van der Waals surface area (Å²) in [7, 11) is -1.77. The highest BCUT2D eigenvalue weighted by molar-refractivity contribution is 8.16. The number of ether oxygens (including phenoxy) is 1. The summed E-state index contributed by atoms with van der Waals surface area (Å²) >= 11 is 7.08. The van der Waals surface area contributed by atoms with Crippen molar-refractivity contribution in [2.45, 2.75) is 11.3 Å². The monoisotopic (exact) mass is 392 g/mol. The molecule has 3 rings (SSSR count). The van der Waals surface area contributed by atoms with E-state index in [1.807, 2.05) is 0 Å². The highest BCUT2D eigenvalue weighted by Crippen LogP contribution is 2.41. The zero-order valence-corrected chi connectivity index (χ0v) is 15.0. The summed E-state index contributed by atoms with van der Waals surface area (Å²) in [6, 6.07) is 3.73. The van der Waals surface area contributed by atoms with Crippen LogP contribution in [0.3, 0.4) is 0 Å². The van der Waals surface area contributed by atoms with Gasteiger partial charge in [-0.2, -0.15) is 4.99 Å². The van der Waals surface area contributed by atoms with Gasteiger partial charge in [0.15, 0.2) is 15.0 Å². The smallest absolute Gasteiger partial charge is 0.274 e. The lowest BCUT2D eigenvalue weighted by atomic mass is 10.2. The van der Waals surface area contributed by atoms with Crippen molar-refractivity contribution in [3.8, 4) is 0 Å². The van der Waals surface area contributed by atoms with Gasteiger partial charge in [0.05, 0.1) is 22.6 Å². The Balaban J connectivity index is 2.01. The van der Waals surface area contributed by atoms with Crippen molar-refractivity contribution in [2.24, 2.45) is 4.99 Å². The number of carbonyl (C=O) groups is 1. The molecule has 0 N–H and O–H groups in total. The van der Waals surface area contributed by atoms with Crippen molar-refractivity contribution in [1.29, 1.82) is 0 Å². The van der Waals surface area contributed by atoms with Gasteiger partial charge in [-0.05, 0) is 18.2 Å². The number of hydrogen-bond acceptors (Lipinski definition) is 5. The molecule has 0 saturated carbocycles. The number of thioether (sulfide) groups is 1. The number of benzene rings is 1. The van der Waals surface area contributed by atoms with Crippen LogP contribution in [0.5, 0.6) is 0 Å². The first-order chi connectivity index (χ1) is 11.3. The Bertz CT molecular complexity index is 815. The van der Waals surface area contributed by atoms with Gasteiger partial charge in [-0.25, -0.2) is 12.8 Å². The van der Waals surface area contributed by atoms with Gasteiger partial charge in [0.2, 0.25) is 0 Å².